The lowest BCUT2D eigenvalue weighted by Crippen LogP contribution is -2.63. The summed E-state index contributed by atoms with van der Waals surface area (Å²) in [5.41, 5.74) is 10.0. The van der Waals surface area contributed by atoms with Crippen molar-refractivity contribution in [1.82, 2.24) is 19.9 Å². The lowest BCUT2D eigenvalue weighted by molar-refractivity contribution is -0.0865. The lowest BCUT2D eigenvalue weighted by Gasteiger charge is -2.61. The highest BCUT2D eigenvalue weighted by Gasteiger charge is 2.67. The minimum absolute atomic E-state index is 0.279. The molecule has 3 heterocycles. The van der Waals surface area contributed by atoms with E-state index in [1.165, 1.54) is 27.8 Å². The molecule has 0 radical (unpaired) electrons. The molecule has 250 valence electrons. The topological polar surface area (TPSA) is 60.8 Å². The summed E-state index contributed by atoms with van der Waals surface area (Å²) >= 11 is 0. The van der Waals surface area contributed by atoms with Crippen molar-refractivity contribution in [2.75, 3.05) is 0 Å². The monoisotopic (exact) mass is 672 g/mol. The van der Waals surface area contributed by atoms with Gasteiger partial charge in [-0.15, -0.1) is 0 Å². The van der Waals surface area contributed by atoms with Crippen molar-refractivity contribution in [1.29, 1.82) is 0 Å². The lowest BCUT2D eigenvalue weighted by atomic mass is 9.46. The van der Waals surface area contributed by atoms with Crippen molar-refractivity contribution in [3.05, 3.63) is 175 Å². The molecule has 7 aromatic rings. The Kier molecular flexibility index (Phi) is 6.71. The van der Waals surface area contributed by atoms with Gasteiger partial charge in [0.1, 0.15) is 17.0 Å². The maximum atomic E-state index is 7.19. The third kappa shape index (κ3) is 4.23. The van der Waals surface area contributed by atoms with E-state index in [0.29, 0.717) is 23.2 Å². The fourth-order valence-electron chi connectivity index (χ4n) is 9.26. The molecule has 5 nitrogen and oxygen atoms in total. The number of fused-ring (bicyclic) bond motifs is 9. The Morgan fingerprint density at radius 3 is 1.85 bits per heavy atom. The number of rotatable bonds is 4. The molecule has 5 aromatic carbocycles. The first-order valence-corrected chi connectivity index (χ1v) is 18.0. The van der Waals surface area contributed by atoms with Gasteiger partial charge in [-0.1, -0.05) is 134 Å². The van der Waals surface area contributed by atoms with Crippen LogP contribution < -0.4 is 4.74 Å². The van der Waals surface area contributed by atoms with Crippen LogP contribution in [-0.4, -0.2) is 25.5 Å². The largest absolute Gasteiger partial charge is 0.486 e. The minimum atomic E-state index is -0.446. The van der Waals surface area contributed by atoms with Crippen molar-refractivity contribution >= 4 is 0 Å². The van der Waals surface area contributed by atoms with Crippen LogP contribution in [-0.2, 0) is 5.41 Å². The summed E-state index contributed by atoms with van der Waals surface area (Å²) in [7, 11) is 0. The number of hydrogen-bond donors (Lipinski definition) is 0. The van der Waals surface area contributed by atoms with Crippen LogP contribution in [0.5, 0.6) is 5.75 Å². The van der Waals surface area contributed by atoms with Crippen LogP contribution in [0.3, 0.4) is 0 Å². The van der Waals surface area contributed by atoms with Crippen molar-refractivity contribution in [3.8, 4) is 62.3 Å². The molecule has 52 heavy (non-hydrogen) atoms. The molecule has 0 fully saturated rings. The van der Waals surface area contributed by atoms with Gasteiger partial charge in [0.2, 0.25) is 0 Å². The third-order valence-corrected chi connectivity index (χ3v) is 11.9. The van der Waals surface area contributed by atoms with Gasteiger partial charge in [-0.05, 0) is 71.0 Å². The smallest absolute Gasteiger partial charge is 0.182 e. The molecular weight excluding hydrogens is 637 g/mol. The maximum absolute atomic E-state index is 7.19. The third-order valence-electron chi connectivity index (χ3n) is 11.9. The zero-order valence-electron chi connectivity index (χ0n) is 29.1. The average molecular weight is 673 g/mol. The quantitative estimate of drug-likeness (QED) is 0.174. The van der Waals surface area contributed by atoms with Gasteiger partial charge in [-0.3, -0.25) is 4.98 Å². The van der Waals surface area contributed by atoms with Crippen molar-refractivity contribution in [3.63, 3.8) is 0 Å². The van der Waals surface area contributed by atoms with Crippen LogP contribution >= 0.6 is 0 Å². The highest BCUT2D eigenvalue weighted by Crippen LogP contribution is 2.70. The molecule has 0 saturated heterocycles. The highest BCUT2D eigenvalue weighted by molar-refractivity contribution is 5.88. The van der Waals surface area contributed by atoms with Crippen LogP contribution in [0.1, 0.15) is 43.4 Å². The summed E-state index contributed by atoms with van der Waals surface area (Å²) in [5, 5.41) is 0. The van der Waals surface area contributed by atoms with E-state index in [1.807, 2.05) is 48.5 Å². The molecule has 2 unspecified atom stereocenters. The fraction of sp³-hybridized carbons (Fsp3) is 0.149. The number of pyridine rings is 1. The zero-order valence-corrected chi connectivity index (χ0v) is 29.1. The number of allylic oxidation sites excluding steroid dienone is 1. The molecule has 3 aliphatic rings. The first-order valence-electron chi connectivity index (χ1n) is 18.0. The van der Waals surface area contributed by atoms with Gasteiger partial charge in [0.15, 0.2) is 17.5 Å². The summed E-state index contributed by atoms with van der Waals surface area (Å²) in [6.45, 7) is 4.77. The highest BCUT2D eigenvalue weighted by atomic mass is 16.5. The number of benzene rings is 5. The second-order valence-corrected chi connectivity index (χ2v) is 14.5. The van der Waals surface area contributed by atoms with Crippen molar-refractivity contribution in [2.24, 2.45) is 5.41 Å². The van der Waals surface area contributed by atoms with E-state index >= 15 is 0 Å². The van der Waals surface area contributed by atoms with Gasteiger partial charge in [0, 0.05) is 34.7 Å². The van der Waals surface area contributed by atoms with Gasteiger partial charge in [-0.25, -0.2) is 15.0 Å². The molecule has 2 aromatic heterocycles. The predicted octanol–water partition coefficient (Wildman–Crippen LogP) is 10.8. The molecule has 0 N–H and O–H groups in total. The molecule has 10 rings (SSSR count). The molecule has 0 amide bonds. The summed E-state index contributed by atoms with van der Waals surface area (Å²) in [5.74, 6) is 2.68. The van der Waals surface area contributed by atoms with E-state index in [9.17, 15) is 0 Å². The van der Waals surface area contributed by atoms with Gasteiger partial charge in [0.25, 0.3) is 0 Å². The Hall–Kier alpha value is -6.20. The molecule has 2 atom stereocenters. The second kappa shape index (κ2) is 11.4. The van der Waals surface area contributed by atoms with Crippen LogP contribution in [0.2, 0.25) is 0 Å². The number of aromatic nitrogens is 4. The first-order chi connectivity index (χ1) is 25.5. The summed E-state index contributed by atoms with van der Waals surface area (Å²) in [6, 6.07) is 49.1. The van der Waals surface area contributed by atoms with Gasteiger partial charge >= 0.3 is 0 Å². The maximum Gasteiger partial charge on any atom is 0.182 e. The molecule has 0 bridgehead atoms. The second-order valence-electron chi connectivity index (χ2n) is 14.5. The normalized spacial score (nSPS) is 20.3. The molecule has 1 spiro atoms. The van der Waals surface area contributed by atoms with Gasteiger partial charge < -0.3 is 4.74 Å². The van der Waals surface area contributed by atoms with Crippen LogP contribution in [0.15, 0.2) is 158 Å². The van der Waals surface area contributed by atoms with E-state index in [-0.39, 0.29) is 5.41 Å². The van der Waals surface area contributed by atoms with E-state index in [4.69, 9.17) is 19.7 Å². The van der Waals surface area contributed by atoms with Gasteiger partial charge in [0.05, 0.1) is 5.41 Å². The first kappa shape index (κ1) is 30.6. The van der Waals surface area contributed by atoms with Crippen LogP contribution in [0.4, 0.5) is 0 Å². The Balaban J connectivity index is 1.22. The Morgan fingerprint density at radius 2 is 1.12 bits per heavy atom. The summed E-state index contributed by atoms with van der Waals surface area (Å²) in [4.78, 5) is 19.7. The molecule has 1 aliphatic heterocycles. The van der Waals surface area contributed by atoms with E-state index in [0.717, 1.165) is 40.8 Å². The van der Waals surface area contributed by atoms with Crippen molar-refractivity contribution in [2.45, 2.75) is 37.7 Å². The van der Waals surface area contributed by atoms with Crippen molar-refractivity contribution < 1.29 is 4.74 Å². The molecule has 0 saturated carbocycles. The SMILES string of the molecule is CC12CC=CCC1(C)C1(c3cc(-c4ccccc4-c4nc(-c5ccccc5)nc(-c5ccccn5)n4)ccc3O2)c2ccccc2-c2ccccc21. The van der Waals surface area contributed by atoms with E-state index in [1.54, 1.807) is 6.20 Å². The summed E-state index contributed by atoms with van der Waals surface area (Å²) in [6.07, 6.45) is 8.18. The fourth-order valence-corrected chi connectivity index (χ4v) is 9.26. The summed E-state index contributed by atoms with van der Waals surface area (Å²) < 4.78 is 7.19. The van der Waals surface area contributed by atoms with Crippen LogP contribution in [0.25, 0.3) is 56.5 Å². The van der Waals surface area contributed by atoms with Gasteiger partial charge in [-0.2, -0.15) is 0 Å². The number of ether oxygens (including phenoxy) is 1. The average Bonchev–Trinajstić information content (AvgIpc) is 3.51. The number of hydrogen-bond acceptors (Lipinski definition) is 5. The van der Waals surface area contributed by atoms with E-state index < -0.39 is 11.0 Å². The van der Waals surface area contributed by atoms with E-state index in [2.05, 4.69) is 122 Å². The number of nitrogens with zero attached hydrogens (tertiary/aromatic N) is 4. The zero-order chi connectivity index (χ0) is 34.9. The Labute approximate surface area is 303 Å². The standard InChI is InChI=1S/C47H36N4O/c1-45-27-13-14-28-46(45,2)52-41-26-25-32(30-39(41)47(45)37-22-10-8-19-34(37)35-20-9-11-23-38(35)47)33-18-6-7-21-36(33)43-49-42(31-16-4-3-5-17-31)50-44(51-43)40-24-12-15-29-48-40/h3-26,29-30H,27-28H2,1-2H3. The van der Waals surface area contributed by atoms with Crippen LogP contribution in [0, 0.1) is 5.41 Å². The Bertz CT molecular complexity index is 2440. The Morgan fingerprint density at radius 1 is 0.500 bits per heavy atom. The molecular formula is C47H36N4O. The predicted molar refractivity (Wildman–Crippen MR) is 207 cm³/mol. The molecule has 2 aliphatic carbocycles. The minimum Gasteiger partial charge on any atom is -0.486 e. The molecule has 5 heteroatoms.